The van der Waals surface area contributed by atoms with Crippen LogP contribution in [-0.2, 0) is 4.79 Å². The Morgan fingerprint density at radius 2 is 1.95 bits per heavy atom. The van der Waals surface area contributed by atoms with E-state index in [-0.39, 0.29) is 5.91 Å². The molecule has 0 radical (unpaired) electrons. The molecule has 19 heavy (non-hydrogen) atoms. The van der Waals surface area contributed by atoms with E-state index in [4.69, 9.17) is 17.3 Å². The standard InChI is InChI=1S/C13H19ClN4O/c1-9(19)16-12-8-13(11(15)7-10(12)14)18-5-3-17(2)4-6-18/h7-8H,3-6,15H2,1-2H3,(H,16,19). The molecule has 1 aromatic rings. The number of piperazine rings is 1. The fraction of sp³-hybridized carbons (Fsp3) is 0.462. The number of nitrogens with one attached hydrogen (secondary N) is 1. The number of nitrogen functional groups attached to an aromatic ring is 1. The molecule has 1 aliphatic heterocycles. The van der Waals surface area contributed by atoms with Crippen LogP contribution >= 0.6 is 11.6 Å². The van der Waals surface area contributed by atoms with Crippen LogP contribution in [0, 0.1) is 0 Å². The third kappa shape index (κ3) is 3.30. The average molecular weight is 283 g/mol. The summed E-state index contributed by atoms with van der Waals surface area (Å²) in [5, 5.41) is 3.19. The van der Waals surface area contributed by atoms with Crippen LogP contribution in [0.3, 0.4) is 0 Å². The molecule has 104 valence electrons. The van der Waals surface area contributed by atoms with Gasteiger partial charge in [-0.25, -0.2) is 0 Å². The lowest BCUT2D eigenvalue weighted by Crippen LogP contribution is -2.44. The second-order valence-corrected chi connectivity index (χ2v) is 5.27. The van der Waals surface area contributed by atoms with Crippen molar-refractivity contribution in [1.82, 2.24) is 4.90 Å². The average Bonchev–Trinajstić information content (AvgIpc) is 2.33. The zero-order chi connectivity index (χ0) is 14.0. The minimum absolute atomic E-state index is 0.143. The molecule has 1 saturated heterocycles. The summed E-state index contributed by atoms with van der Waals surface area (Å²) in [7, 11) is 2.10. The molecule has 5 nitrogen and oxygen atoms in total. The summed E-state index contributed by atoms with van der Waals surface area (Å²) in [4.78, 5) is 15.7. The third-order valence-corrected chi connectivity index (χ3v) is 3.58. The maximum Gasteiger partial charge on any atom is 0.221 e. The highest BCUT2D eigenvalue weighted by Gasteiger charge is 2.18. The predicted molar refractivity (Wildman–Crippen MR) is 79.9 cm³/mol. The molecule has 2 rings (SSSR count). The second-order valence-electron chi connectivity index (χ2n) is 4.86. The number of nitrogens with zero attached hydrogens (tertiary/aromatic N) is 2. The SMILES string of the molecule is CC(=O)Nc1cc(N2CCN(C)CC2)c(N)cc1Cl. The van der Waals surface area contributed by atoms with E-state index in [0.29, 0.717) is 16.4 Å². The Balaban J connectivity index is 2.26. The van der Waals surface area contributed by atoms with Gasteiger partial charge in [-0.15, -0.1) is 0 Å². The van der Waals surface area contributed by atoms with Gasteiger partial charge in [0.15, 0.2) is 0 Å². The molecule has 1 amide bonds. The molecule has 1 aliphatic rings. The fourth-order valence-corrected chi connectivity index (χ4v) is 2.40. The van der Waals surface area contributed by atoms with E-state index in [1.165, 1.54) is 6.92 Å². The summed E-state index contributed by atoms with van der Waals surface area (Å²) in [6, 6.07) is 3.55. The van der Waals surface area contributed by atoms with Crippen molar-refractivity contribution >= 4 is 34.6 Å². The van der Waals surface area contributed by atoms with Gasteiger partial charge in [0.1, 0.15) is 0 Å². The molecular formula is C13H19ClN4O. The van der Waals surface area contributed by atoms with Crippen molar-refractivity contribution < 1.29 is 4.79 Å². The van der Waals surface area contributed by atoms with Crippen molar-refractivity contribution in [2.75, 3.05) is 49.2 Å². The Morgan fingerprint density at radius 1 is 1.32 bits per heavy atom. The Morgan fingerprint density at radius 3 is 2.53 bits per heavy atom. The van der Waals surface area contributed by atoms with Gasteiger partial charge in [0.25, 0.3) is 0 Å². The van der Waals surface area contributed by atoms with Gasteiger partial charge in [0, 0.05) is 33.1 Å². The smallest absolute Gasteiger partial charge is 0.221 e. The van der Waals surface area contributed by atoms with Gasteiger partial charge in [0.2, 0.25) is 5.91 Å². The monoisotopic (exact) mass is 282 g/mol. The lowest BCUT2D eigenvalue weighted by molar-refractivity contribution is -0.114. The summed E-state index contributed by atoms with van der Waals surface area (Å²) in [5.41, 5.74) is 8.22. The second kappa shape index (κ2) is 5.67. The van der Waals surface area contributed by atoms with E-state index < -0.39 is 0 Å². The highest BCUT2D eigenvalue weighted by Crippen LogP contribution is 2.33. The summed E-state index contributed by atoms with van der Waals surface area (Å²) in [6.07, 6.45) is 0. The molecule has 1 aromatic carbocycles. The van der Waals surface area contributed by atoms with E-state index in [1.54, 1.807) is 6.07 Å². The van der Waals surface area contributed by atoms with Gasteiger partial charge in [-0.2, -0.15) is 0 Å². The molecule has 6 heteroatoms. The largest absolute Gasteiger partial charge is 0.397 e. The number of carbonyl (C=O) groups excluding carboxylic acids is 1. The van der Waals surface area contributed by atoms with Crippen LogP contribution in [0.1, 0.15) is 6.92 Å². The molecular weight excluding hydrogens is 264 g/mol. The highest BCUT2D eigenvalue weighted by molar-refractivity contribution is 6.34. The topological polar surface area (TPSA) is 61.6 Å². The lowest BCUT2D eigenvalue weighted by atomic mass is 10.2. The molecule has 0 bridgehead atoms. The number of carbonyl (C=O) groups is 1. The summed E-state index contributed by atoms with van der Waals surface area (Å²) >= 11 is 6.09. The number of anilines is 3. The molecule has 0 saturated carbocycles. The molecule has 3 N–H and O–H groups in total. The number of hydrogen-bond acceptors (Lipinski definition) is 4. The highest BCUT2D eigenvalue weighted by atomic mass is 35.5. The van der Waals surface area contributed by atoms with Crippen LogP contribution in [0.15, 0.2) is 12.1 Å². The zero-order valence-electron chi connectivity index (χ0n) is 11.2. The van der Waals surface area contributed by atoms with Crippen LogP contribution in [-0.4, -0.2) is 44.0 Å². The minimum Gasteiger partial charge on any atom is -0.397 e. The molecule has 0 unspecified atom stereocenters. The fourth-order valence-electron chi connectivity index (χ4n) is 2.18. The van der Waals surface area contributed by atoms with Crippen molar-refractivity contribution in [1.29, 1.82) is 0 Å². The van der Waals surface area contributed by atoms with E-state index in [1.807, 2.05) is 6.07 Å². The van der Waals surface area contributed by atoms with E-state index >= 15 is 0 Å². The van der Waals surface area contributed by atoms with Crippen molar-refractivity contribution in [2.45, 2.75) is 6.92 Å². The maximum absolute atomic E-state index is 11.2. The van der Waals surface area contributed by atoms with Gasteiger partial charge in [-0.3, -0.25) is 4.79 Å². The summed E-state index contributed by atoms with van der Waals surface area (Å²) in [6.45, 7) is 5.29. The summed E-state index contributed by atoms with van der Waals surface area (Å²) < 4.78 is 0. The van der Waals surface area contributed by atoms with E-state index in [2.05, 4.69) is 22.2 Å². The van der Waals surface area contributed by atoms with Gasteiger partial charge in [-0.1, -0.05) is 11.6 Å². The number of hydrogen-bond donors (Lipinski definition) is 2. The first-order valence-corrected chi connectivity index (χ1v) is 6.65. The Kier molecular flexibility index (Phi) is 4.17. The van der Waals surface area contributed by atoms with Crippen molar-refractivity contribution in [3.05, 3.63) is 17.2 Å². The number of nitrogens with two attached hydrogens (primary N) is 1. The Bertz CT molecular complexity index is 484. The first-order valence-electron chi connectivity index (χ1n) is 6.27. The van der Waals surface area contributed by atoms with Crippen molar-refractivity contribution in [3.8, 4) is 0 Å². The van der Waals surface area contributed by atoms with E-state index in [0.717, 1.165) is 31.9 Å². The zero-order valence-corrected chi connectivity index (χ0v) is 12.0. The lowest BCUT2D eigenvalue weighted by Gasteiger charge is -2.35. The number of amides is 1. The number of halogens is 1. The van der Waals surface area contributed by atoms with Crippen LogP contribution in [0.25, 0.3) is 0 Å². The van der Waals surface area contributed by atoms with Crippen molar-refractivity contribution in [3.63, 3.8) is 0 Å². The van der Waals surface area contributed by atoms with Crippen LogP contribution in [0.4, 0.5) is 17.1 Å². The van der Waals surface area contributed by atoms with Gasteiger partial charge in [-0.05, 0) is 19.2 Å². The molecule has 0 aromatic heterocycles. The molecule has 0 spiro atoms. The minimum atomic E-state index is -0.143. The van der Waals surface area contributed by atoms with Gasteiger partial charge >= 0.3 is 0 Å². The number of rotatable bonds is 2. The quantitative estimate of drug-likeness (QED) is 0.810. The van der Waals surface area contributed by atoms with E-state index in [9.17, 15) is 4.79 Å². The molecule has 0 atom stereocenters. The first-order chi connectivity index (χ1) is 8.97. The first kappa shape index (κ1) is 14.0. The number of benzene rings is 1. The maximum atomic E-state index is 11.2. The predicted octanol–water partition coefficient (Wildman–Crippen LogP) is 1.63. The van der Waals surface area contributed by atoms with Gasteiger partial charge in [0.05, 0.1) is 22.1 Å². The Hall–Kier alpha value is -1.46. The molecule has 0 aliphatic carbocycles. The summed E-state index contributed by atoms with van der Waals surface area (Å²) in [5.74, 6) is -0.143. The van der Waals surface area contributed by atoms with Crippen LogP contribution < -0.4 is 16.0 Å². The molecule has 1 fully saturated rings. The number of likely N-dealkylation sites (N-methyl/N-ethyl adjacent to an activating group) is 1. The third-order valence-electron chi connectivity index (χ3n) is 3.27. The normalized spacial score (nSPS) is 16.5. The van der Waals surface area contributed by atoms with Crippen LogP contribution in [0.2, 0.25) is 5.02 Å². The van der Waals surface area contributed by atoms with Crippen molar-refractivity contribution in [2.24, 2.45) is 0 Å². The Labute approximate surface area is 118 Å². The van der Waals surface area contributed by atoms with Crippen LogP contribution in [0.5, 0.6) is 0 Å². The van der Waals surface area contributed by atoms with Gasteiger partial charge < -0.3 is 20.9 Å². The molecule has 1 heterocycles.